The SMILES string of the molecule is Cc1nc(N[C@H](C)C2CCC2)nc(N[C@@H]2C[C@H](C(C)(C)O)[C@@H](O)[C@H]2O)c1-c1nc2c(C)nccc2s1. The zero-order valence-corrected chi connectivity index (χ0v) is 22.3. The summed E-state index contributed by atoms with van der Waals surface area (Å²) in [7, 11) is 0. The Labute approximate surface area is 215 Å². The quantitative estimate of drug-likeness (QED) is 0.321. The lowest BCUT2D eigenvalue weighted by Crippen LogP contribution is -2.40. The van der Waals surface area contributed by atoms with Crippen molar-refractivity contribution in [3.05, 3.63) is 23.7 Å². The molecule has 9 nitrogen and oxygen atoms in total. The fraction of sp³-hybridized carbons (Fsp3) is 0.615. The minimum absolute atomic E-state index is 0.256. The lowest BCUT2D eigenvalue weighted by atomic mass is 9.80. The molecule has 3 heterocycles. The summed E-state index contributed by atoms with van der Waals surface area (Å²) in [6, 6.07) is 1.72. The molecular weight excluding hydrogens is 476 g/mol. The van der Waals surface area contributed by atoms with Crippen molar-refractivity contribution < 1.29 is 15.3 Å². The van der Waals surface area contributed by atoms with Gasteiger partial charge in [0.05, 0.1) is 39.4 Å². The number of rotatable bonds is 7. The molecule has 2 aliphatic rings. The van der Waals surface area contributed by atoms with Crippen LogP contribution in [-0.4, -0.2) is 65.1 Å². The minimum Gasteiger partial charge on any atom is -0.390 e. The molecule has 0 unspecified atom stereocenters. The van der Waals surface area contributed by atoms with Crippen LogP contribution in [0.25, 0.3) is 20.8 Å². The molecule has 3 aromatic heterocycles. The van der Waals surface area contributed by atoms with E-state index in [-0.39, 0.29) is 6.04 Å². The predicted octanol–water partition coefficient (Wildman–Crippen LogP) is 3.66. The molecule has 0 radical (unpaired) electrons. The second-order valence-electron chi connectivity index (χ2n) is 11.0. The van der Waals surface area contributed by atoms with Crippen molar-refractivity contribution >= 4 is 33.3 Å². The normalized spacial score (nSPS) is 25.7. The molecule has 3 aromatic rings. The lowest BCUT2D eigenvalue weighted by molar-refractivity contribution is -0.0601. The van der Waals surface area contributed by atoms with E-state index in [2.05, 4.69) is 22.5 Å². The van der Waals surface area contributed by atoms with Gasteiger partial charge in [-0.2, -0.15) is 4.98 Å². The van der Waals surface area contributed by atoms with E-state index in [1.54, 1.807) is 31.4 Å². The van der Waals surface area contributed by atoms with E-state index >= 15 is 0 Å². The monoisotopic (exact) mass is 512 g/mol. The summed E-state index contributed by atoms with van der Waals surface area (Å²) in [6.07, 6.45) is 3.78. The van der Waals surface area contributed by atoms with Crippen LogP contribution in [0.1, 0.15) is 57.8 Å². The van der Waals surface area contributed by atoms with E-state index in [9.17, 15) is 15.3 Å². The Hall–Kier alpha value is -2.40. The Balaban J connectivity index is 1.54. The maximum Gasteiger partial charge on any atom is 0.225 e. The lowest BCUT2D eigenvalue weighted by Gasteiger charge is -2.32. The highest BCUT2D eigenvalue weighted by Gasteiger charge is 2.48. The molecule has 5 atom stereocenters. The Kier molecular flexibility index (Phi) is 6.65. The Morgan fingerprint density at radius 1 is 1.08 bits per heavy atom. The van der Waals surface area contributed by atoms with Gasteiger partial charge in [-0.3, -0.25) is 4.98 Å². The Bertz CT molecular complexity index is 1250. The van der Waals surface area contributed by atoms with E-state index in [0.29, 0.717) is 24.1 Å². The third-order valence-electron chi connectivity index (χ3n) is 7.92. The average molecular weight is 513 g/mol. The molecule has 2 aliphatic carbocycles. The molecule has 0 saturated heterocycles. The number of nitrogens with zero attached hydrogens (tertiary/aromatic N) is 4. The van der Waals surface area contributed by atoms with Gasteiger partial charge in [0, 0.05) is 18.2 Å². The fourth-order valence-electron chi connectivity index (χ4n) is 5.40. The average Bonchev–Trinajstić information content (AvgIpc) is 3.29. The number of nitrogens with one attached hydrogen (secondary N) is 2. The summed E-state index contributed by atoms with van der Waals surface area (Å²) < 4.78 is 1.03. The van der Waals surface area contributed by atoms with Gasteiger partial charge < -0.3 is 26.0 Å². The molecule has 194 valence electrons. The first kappa shape index (κ1) is 25.3. The van der Waals surface area contributed by atoms with Crippen molar-refractivity contribution in [2.24, 2.45) is 11.8 Å². The summed E-state index contributed by atoms with van der Waals surface area (Å²) in [4.78, 5) is 18.9. The van der Waals surface area contributed by atoms with Gasteiger partial charge >= 0.3 is 0 Å². The largest absolute Gasteiger partial charge is 0.390 e. The van der Waals surface area contributed by atoms with Crippen molar-refractivity contribution in [3.63, 3.8) is 0 Å². The van der Waals surface area contributed by atoms with Crippen LogP contribution in [-0.2, 0) is 0 Å². The molecule has 0 amide bonds. The van der Waals surface area contributed by atoms with E-state index in [1.807, 2.05) is 19.9 Å². The van der Waals surface area contributed by atoms with Crippen LogP contribution in [0, 0.1) is 25.7 Å². The van der Waals surface area contributed by atoms with Crippen LogP contribution in [0.2, 0.25) is 0 Å². The third kappa shape index (κ3) is 4.67. The maximum absolute atomic E-state index is 10.9. The zero-order valence-electron chi connectivity index (χ0n) is 21.5. The number of pyridine rings is 1. The number of aromatic nitrogens is 4. The van der Waals surface area contributed by atoms with E-state index in [0.717, 1.165) is 32.2 Å². The molecule has 0 spiro atoms. The number of fused-ring (bicyclic) bond motifs is 1. The third-order valence-corrected chi connectivity index (χ3v) is 8.96. The molecular formula is C26H36N6O3S. The van der Waals surface area contributed by atoms with Gasteiger partial charge in [-0.15, -0.1) is 11.3 Å². The highest BCUT2D eigenvalue weighted by molar-refractivity contribution is 7.21. The molecule has 2 saturated carbocycles. The smallest absolute Gasteiger partial charge is 0.225 e. The van der Waals surface area contributed by atoms with Gasteiger partial charge in [0.2, 0.25) is 5.95 Å². The van der Waals surface area contributed by atoms with Crippen molar-refractivity contribution in [1.82, 2.24) is 19.9 Å². The van der Waals surface area contributed by atoms with Crippen LogP contribution >= 0.6 is 11.3 Å². The van der Waals surface area contributed by atoms with Crippen molar-refractivity contribution in [2.45, 2.75) is 90.2 Å². The number of hydrogen-bond acceptors (Lipinski definition) is 10. The number of aliphatic hydroxyl groups is 3. The molecule has 5 rings (SSSR count). The van der Waals surface area contributed by atoms with E-state index in [1.165, 1.54) is 19.3 Å². The van der Waals surface area contributed by atoms with E-state index < -0.39 is 29.8 Å². The molecule has 0 aliphatic heterocycles. The molecule has 10 heteroatoms. The Morgan fingerprint density at radius 2 is 1.83 bits per heavy atom. The summed E-state index contributed by atoms with van der Waals surface area (Å²) in [5, 5.41) is 39.7. The van der Waals surface area contributed by atoms with Crippen molar-refractivity contribution in [1.29, 1.82) is 0 Å². The number of anilines is 2. The first-order chi connectivity index (χ1) is 17.0. The molecule has 2 fully saturated rings. The summed E-state index contributed by atoms with van der Waals surface area (Å²) in [6.45, 7) is 9.38. The number of aliphatic hydroxyl groups excluding tert-OH is 2. The summed E-state index contributed by atoms with van der Waals surface area (Å²) >= 11 is 1.55. The molecule has 5 N–H and O–H groups in total. The minimum atomic E-state index is -1.12. The topological polar surface area (TPSA) is 136 Å². The highest BCUT2D eigenvalue weighted by Crippen LogP contribution is 2.40. The van der Waals surface area contributed by atoms with Gasteiger partial charge in [-0.05, 0) is 65.9 Å². The second kappa shape index (κ2) is 9.48. The number of hydrogen-bond donors (Lipinski definition) is 5. The van der Waals surface area contributed by atoms with Crippen LogP contribution in [0.5, 0.6) is 0 Å². The summed E-state index contributed by atoms with van der Waals surface area (Å²) in [5.74, 6) is 1.24. The maximum atomic E-state index is 10.9. The first-order valence-electron chi connectivity index (χ1n) is 12.8. The molecule has 0 bridgehead atoms. The summed E-state index contributed by atoms with van der Waals surface area (Å²) in [5.41, 5.74) is 2.13. The van der Waals surface area contributed by atoms with Crippen molar-refractivity contribution in [3.8, 4) is 10.6 Å². The number of thiazole rings is 1. The predicted molar refractivity (Wildman–Crippen MR) is 142 cm³/mol. The van der Waals surface area contributed by atoms with Gasteiger partial charge in [0.25, 0.3) is 0 Å². The van der Waals surface area contributed by atoms with Crippen molar-refractivity contribution in [2.75, 3.05) is 10.6 Å². The van der Waals surface area contributed by atoms with E-state index in [4.69, 9.17) is 15.0 Å². The van der Waals surface area contributed by atoms with Crippen LogP contribution in [0.3, 0.4) is 0 Å². The van der Waals surface area contributed by atoms with Crippen LogP contribution in [0.4, 0.5) is 11.8 Å². The van der Waals surface area contributed by atoms with Crippen LogP contribution < -0.4 is 10.6 Å². The van der Waals surface area contributed by atoms with Gasteiger partial charge in [-0.25, -0.2) is 9.97 Å². The fourth-order valence-corrected chi connectivity index (χ4v) is 6.51. The molecule has 0 aromatic carbocycles. The van der Waals surface area contributed by atoms with Gasteiger partial charge in [0.1, 0.15) is 22.4 Å². The standard InChI is InChI=1S/C26H36N6O3S/c1-12(15-7-6-8-15)28-25-29-13(2)19(24-31-20-14(3)27-10-9-18(20)36-24)23(32-25)30-17-11-16(26(4,5)35)21(33)22(17)34/h9-10,12,15-17,21-22,33-35H,6-8,11H2,1-5H3,(H2,28,29,30,32)/t12-,16+,17-,21-,22+/m1/s1. The van der Waals surface area contributed by atoms with Gasteiger partial charge in [-0.1, -0.05) is 6.42 Å². The molecule has 36 heavy (non-hydrogen) atoms. The highest BCUT2D eigenvalue weighted by atomic mass is 32.1. The van der Waals surface area contributed by atoms with Crippen LogP contribution in [0.15, 0.2) is 12.3 Å². The Morgan fingerprint density at radius 3 is 2.44 bits per heavy atom. The zero-order chi connectivity index (χ0) is 25.8. The first-order valence-corrected chi connectivity index (χ1v) is 13.6. The second-order valence-corrected chi connectivity index (χ2v) is 12.0. The van der Waals surface area contributed by atoms with Gasteiger partial charge in [0.15, 0.2) is 0 Å². The number of aryl methyl sites for hydroxylation is 2.